The summed E-state index contributed by atoms with van der Waals surface area (Å²) in [6.07, 6.45) is 4.26. The van der Waals surface area contributed by atoms with Gasteiger partial charge in [-0.25, -0.2) is 4.90 Å². The number of carbonyl (C=O) groups is 2. The van der Waals surface area contributed by atoms with Gasteiger partial charge >= 0.3 is 0 Å². The minimum Gasteiger partial charge on any atom is -0.274 e. The van der Waals surface area contributed by atoms with E-state index in [0.29, 0.717) is 10.7 Å². The fourth-order valence-corrected chi connectivity index (χ4v) is 5.96. The van der Waals surface area contributed by atoms with E-state index in [-0.39, 0.29) is 35.5 Å². The zero-order valence-electron chi connectivity index (χ0n) is 18.1. The van der Waals surface area contributed by atoms with Crippen molar-refractivity contribution in [1.82, 2.24) is 0 Å². The van der Waals surface area contributed by atoms with Crippen molar-refractivity contribution in [2.45, 2.75) is 6.92 Å². The first-order chi connectivity index (χ1) is 16.1. The van der Waals surface area contributed by atoms with Crippen LogP contribution in [0.25, 0.3) is 5.57 Å². The Morgan fingerprint density at radius 1 is 0.758 bits per heavy atom. The maximum Gasteiger partial charge on any atom is 0.238 e. The summed E-state index contributed by atoms with van der Waals surface area (Å²) in [5.41, 5.74) is 6.02. The Morgan fingerprint density at radius 3 is 1.76 bits per heavy atom. The monoisotopic (exact) mass is 451 g/mol. The second kappa shape index (κ2) is 7.57. The second-order valence-corrected chi connectivity index (χ2v) is 9.40. The summed E-state index contributed by atoms with van der Waals surface area (Å²) in [5.74, 6) is -1.16. The molecule has 1 saturated heterocycles. The predicted octanol–water partition coefficient (Wildman–Crippen LogP) is 6.07. The number of imide groups is 1. The van der Waals surface area contributed by atoms with Crippen LogP contribution in [0.3, 0.4) is 0 Å². The summed E-state index contributed by atoms with van der Waals surface area (Å²) < 4.78 is 0. The van der Waals surface area contributed by atoms with Crippen molar-refractivity contribution in [2.75, 3.05) is 4.90 Å². The lowest BCUT2D eigenvalue weighted by Crippen LogP contribution is -2.33. The van der Waals surface area contributed by atoms with Crippen molar-refractivity contribution in [2.24, 2.45) is 23.7 Å². The number of anilines is 1. The number of hydrogen-bond donors (Lipinski definition) is 0. The lowest BCUT2D eigenvalue weighted by atomic mass is 9.85. The maximum atomic E-state index is 13.6. The first kappa shape index (κ1) is 20.2. The lowest BCUT2D eigenvalue weighted by Gasteiger charge is -2.22. The molecule has 3 aromatic rings. The highest BCUT2D eigenvalue weighted by Crippen LogP contribution is 2.58. The molecule has 0 unspecified atom stereocenters. The Balaban J connectivity index is 1.48. The van der Waals surface area contributed by atoms with Crippen LogP contribution in [-0.2, 0) is 9.59 Å². The Morgan fingerprint density at radius 2 is 1.27 bits per heavy atom. The highest BCUT2D eigenvalue weighted by Gasteiger charge is 2.62. The quantitative estimate of drug-likeness (QED) is 0.358. The van der Waals surface area contributed by atoms with E-state index in [1.54, 1.807) is 6.07 Å². The van der Waals surface area contributed by atoms with Gasteiger partial charge in [0.2, 0.25) is 11.8 Å². The van der Waals surface area contributed by atoms with Gasteiger partial charge in [-0.2, -0.15) is 0 Å². The zero-order valence-corrected chi connectivity index (χ0v) is 18.9. The van der Waals surface area contributed by atoms with Crippen molar-refractivity contribution in [3.63, 3.8) is 0 Å². The topological polar surface area (TPSA) is 37.4 Å². The molecule has 3 aromatic carbocycles. The van der Waals surface area contributed by atoms with Crippen LogP contribution in [0, 0.1) is 30.6 Å². The molecule has 1 saturated carbocycles. The first-order valence-corrected chi connectivity index (χ1v) is 11.6. The summed E-state index contributed by atoms with van der Waals surface area (Å²) in [4.78, 5) is 28.6. The number of amides is 2. The SMILES string of the molecule is Cc1ccc(N2C(=O)[C@H]3[C@H](C2=O)[C@H]2C=C[C@H]3C2=C(c2ccccc2)c2ccccc2)cc1Cl. The molecule has 2 fully saturated rings. The van der Waals surface area contributed by atoms with Crippen LogP contribution in [0.2, 0.25) is 5.02 Å². The van der Waals surface area contributed by atoms with Gasteiger partial charge in [-0.1, -0.05) is 90.5 Å². The largest absolute Gasteiger partial charge is 0.274 e. The van der Waals surface area contributed by atoms with Crippen molar-refractivity contribution in [3.8, 4) is 0 Å². The van der Waals surface area contributed by atoms with Crippen molar-refractivity contribution >= 4 is 34.7 Å². The fraction of sp³-hybridized carbons (Fsp3) is 0.172. The minimum atomic E-state index is -0.370. The summed E-state index contributed by atoms with van der Waals surface area (Å²) in [5, 5.41) is 0.558. The van der Waals surface area contributed by atoms with Crippen LogP contribution < -0.4 is 4.90 Å². The number of carbonyl (C=O) groups excluding carboxylic acids is 2. The third-order valence-electron chi connectivity index (χ3n) is 7.24. The second-order valence-electron chi connectivity index (χ2n) is 9.00. The molecule has 1 heterocycles. The smallest absolute Gasteiger partial charge is 0.238 e. The van der Waals surface area contributed by atoms with Crippen LogP contribution in [-0.4, -0.2) is 11.8 Å². The standard InChI is InChI=1S/C29H22ClNO2/c1-17-12-13-20(16-23(17)30)31-28(32)26-21-14-15-22(27(26)29(31)33)25(21)24(18-8-4-2-5-9-18)19-10-6-3-7-11-19/h2-16,21-22,26-27H,1H3/t21-,22-,26+,27+/m0/s1. The van der Waals surface area contributed by atoms with Gasteiger partial charge in [-0.3, -0.25) is 9.59 Å². The van der Waals surface area contributed by atoms with E-state index in [4.69, 9.17) is 11.6 Å². The Bertz CT molecular complexity index is 1270. The van der Waals surface area contributed by atoms with E-state index in [0.717, 1.165) is 22.3 Å². The van der Waals surface area contributed by atoms with Crippen LogP contribution >= 0.6 is 11.6 Å². The average Bonchev–Trinajstić information content (AvgIpc) is 3.47. The van der Waals surface area contributed by atoms with E-state index in [1.165, 1.54) is 10.5 Å². The number of benzene rings is 3. The van der Waals surface area contributed by atoms with E-state index in [1.807, 2.05) is 55.5 Å². The number of aryl methyl sites for hydroxylation is 1. The van der Waals surface area contributed by atoms with Crippen molar-refractivity contribution < 1.29 is 9.59 Å². The summed E-state index contributed by atoms with van der Waals surface area (Å²) >= 11 is 6.31. The minimum absolute atomic E-state index is 0.0854. The Kier molecular flexibility index (Phi) is 4.63. The highest BCUT2D eigenvalue weighted by molar-refractivity contribution is 6.32. The molecule has 4 atom stereocenters. The normalized spacial score (nSPS) is 25.2. The number of nitrogens with zero attached hydrogens (tertiary/aromatic N) is 1. The summed E-state index contributed by atoms with van der Waals surface area (Å²) in [7, 11) is 0. The molecule has 0 aromatic heterocycles. The van der Waals surface area contributed by atoms with Crippen molar-refractivity contribution in [1.29, 1.82) is 0 Å². The number of allylic oxidation sites excluding steroid dienone is 3. The van der Waals surface area contributed by atoms with E-state index in [2.05, 4.69) is 36.4 Å². The first-order valence-electron chi connectivity index (χ1n) is 11.2. The van der Waals surface area contributed by atoms with Crippen LogP contribution in [0.4, 0.5) is 5.69 Å². The van der Waals surface area contributed by atoms with Crippen LogP contribution in [0.1, 0.15) is 16.7 Å². The van der Waals surface area contributed by atoms with E-state index < -0.39 is 0 Å². The third kappa shape index (κ3) is 2.96. The van der Waals surface area contributed by atoms with Gasteiger partial charge in [0.1, 0.15) is 0 Å². The molecule has 0 radical (unpaired) electrons. The van der Waals surface area contributed by atoms with E-state index in [9.17, 15) is 9.59 Å². The van der Waals surface area contributed by atoms with Gasteiger partial charge in [0, 0.05) is 16.9 Å². The van der Waals surface area contributed by atoms with Crippen molar-refractivity contribution in [3.05, 3.63) is 118 Å². The van der Waals surface area contributed by atoms with Crippen LogP contribution in [0.5, 0.6) is 0 Å². The molecular formula is C29H22ClNO2. The van der Waals surface area contributed by atoms with Gasteiger partial charge in [-0.15, -0.1) is 0 Å². The Labute approximate surface area is 198 Å². The molecule has 1 aliphatic heterocycles. The number of halogens is 1. The van der Waals surface area contributed by atoms with Gasteiger partial charge in [0.05, 0.1) is 17.5 Å². The molecule has 0 N–H and O–H groups in total. The molecule has 3 nitrogen and oxygen atoms in total. The van der Waals surface area contributed by atoms with Gasteiger partial charge < -0.3 is 0 Å². The molecule has 2 aliphatic carbocycles. The number of hydrogen-bond acceptors (Lipinski definition) is 2. The molecule has 4 heteroatoms. The molecule has 3 aliphatic rings. The Hall–Kier alpha value is -3.43. The fourth-order valence-electron chi connectivity index (χ4n) is 5.78. The van der Waals surface area contributed by atoms with Gasteiger partial charge in [-0.05, 0) is 46.9 Å². The average molecular weight is 452 g/mol. The number of rotatable bonds is 3. The van der Waals surface area contributed by atoms with Gasteiger partial charge in [0.25, 0.3) is 0 Å². The lowest BCUT2D eigenvalue weighted by molar-refractivity contribution is -0.122. The molecule has 2 amide bonds. The molecule has 162 valence electrons. The third-order valence-corrected chi connectivity index (χ3v) is 7.65. The summed E-state index contributed by atoms with van der Waals surface area (Å²) in [6, 6.07) is 25.9. The van der Waals surface area contributed by atoms with Gasteiger partial charge in [0.15, 0.2) is 0 Å². The molecular weight excluding hydrogens is 430 g/mol. The highest BCUT2D eigenvalue weighted by atomic mass is 35.5. The molecule has 33 heavy (non-hydrogen) atoms. The zero-order chi connectivity index (χ0) is 22.7. The molecule has 6 rings (SSSR count). The van der Waals surface area contributed by atoms with E-state index >= 15 is 0 Å². The molecule has 2 bridgehead atoms. The summed E-state index contributed by atoms with van der Waals surface area (Å²) in [6.45, 7) is 1.91. The maximum absolute atomic E-state index is 13.6. The molecule has 0 spiro atoms. The predicted molar refractivity (Wildman–Crippen MR) is 131 cm³/mol. The van der Waals surface area contributed by atoms with Crippen LogP contribution in [0.15, 0.2) is 96.6 Å². The number of fused-ring (bicyclic) bond motifs is 5.